The number of nitrogen functional groups attached to an aromatic ring is 1. The summed E-state index contributed by atoms with van der Waals surface area (Å²) in [7, 11) is 3.30. The molecule has 0 unspecified atom stereocenters. The van der Waals surface area contributed by atoms with E-state index in [1.54, 1.807) is 42.3 Å². The van der Waals surface area contributed by atoms with Gasteiger partial charge in [0.05, 0.1) is 19.0 Å². The predicted octanol–water partition coefficient (Wildman–Crippen LogP) is 1.26. The van der Waals surface area contributed by atoms with Gasteiger partial charge in [0.15, 0.2) is 0 Å². The zero-order valence-corrected chi connectivity index (χ0v) is 10.2. The number of nitrogens with zero attached hydrogens (tertiary/aromatic N) is 2. The fourth-order valence-corrected chi connectivity index (χ4v) is 1.56. The Morgan fingerprint density at radius 1 is 1.44 bits per heavy atom. The Balaban J connectivity index is 2.20. The van der Waals surface area contributed by atoms with E-state index in [0.29, 0.717) is 22.7 Å². The third-order valence-corrected chi connectivity index (χ3v) is 2.39. The van der Waals surface area contributed by atoms with E-state index in [2.05, 4.69) is 10.4 Å². The van der Waals surface area contributed by atoms with Crippen molar-refractivity contribution in [1.82, 2.24) is 9.78 Å². The Bertz CT molecular complexity index is 577. The molecule has 1 heterocycles. The molecule has 0 saturated heterocycles. The molecule has 0 radical (unpaired) electrons. The Hall–Kier alpha value is -2.50. The van der Waals surface area contributed by atoms with E-state index in [-0.39, 0.29) is 5.91 Å². The minimum absolute atomic E-state index is 0.256. The van der Waals surface area contributed by atoms with Crippen molar-refractivity contribution in [3.05, 3.63) is 36.2 Å². The van der Waals surface area contributed by atoms with Gasteiger partial charge in [0.1, 0.15) is 5.75 Å². The first-order valence-corrected chi connectivity index (χ1v) is 5.33. The highest BCUT2D eigenvalue weighted by Crippen LogP contribution is 2.19. The lowest BCUT2D eigenvalue weighted by molar-refractivity contribution is 0.102. The van der Waals surface area contributed by atoms with E-state index < -0.39 is 0 Å². The van der Waals surface area contributed by atoms with Gasteiger partial charge in [-0.15, -0.1) is 0 Å². The van der Waals surface area contributed by atoms with Crippen molar-refractivity contribution in [1.29, 1.82) is 0 Å². The van der Waals surface area contributed by atoms with Crippen LogP contribution in [0.15, 0.2) is 30.6 Å². The number of amides is 1. The first kappa shape index (κ1) is 12.0. The van der Waals surface area contributed by atoms with E-state index in [1.807, 2.05) is 0 Å². The van der Waals surface area contributed by atoms with E-state index in [0.717, 1.165) is 0 Å². The summed E-state index contributed by atoms with van der Waals surface area (Å²) in [4.78, 5) is 12.0. The van der Waals surface area contributed by atoms with E-state index in [9.17, 15) is 4.79 Å². The average molecular weight is 246 g/mol. The molecule has 1 aromatic heterocycles. The van der Waals surface area contributed by atoms with Crippen LogP contribution in [0.2, 0.25) is 0 Å². The summed E-state index contributed by atoms with van der Waals surface area (Å²) in [5, 5.41) is 6.69. The number of rotatable bonds is 3. The number of benzene rings is 1. The van der Waals surface area contributed by atoms with Crippen LogP contribution in [0.4, 0.5) is 11.4 Å². The number of ether oxygens (including phenoxy) is 1. The molecule has 1 amide bonds. The zero-order valence-electron chi connectivity index (χ0n) is 10.2. The maximum atomic E-state index is 12.0. The zero-order chi connectivity index (χ0) is 13.1. The third kappa shape index (κ3) is 2.60. The van der Waals surface area contributed by atoms with Gasteiger partial charge < -0.3 is 15.8 Å². The summed E-state index contributed by atoms with van der Waals surface area (Å²) in [6, 6.07) is 4.87. The van der Waals surface area contributed by atoms with Crippen LogP contribution in [0.1, 0.15) is 10.4 Å². The summed E-state index contributed by atoms with van der Waals surface area (Å²) in [5.41, 5.74) is 7.24. The second-order valence-electron chi connectivity index (χ2n) is 3.85. The quantitative estimate of drug-likeness (QED) is 0.799. The number of aryl methyl sites for hydroxylation is 1. The number of hydrogen-bond donors (Lipinski definition) is 2. The van der Waals surface area contributed by atoms with Crippen molar-refractivity contribution in [2.75, 3.05) is 18.2 Å². The molecule has 0 aliphatic rings. The van der Waals surface area contributed by atoms with Crippen molar-refractivity contribution in [3.8, 4) is 5.75 Å². The summed E-state index contributed by atoms with van der Waals surface area (Å²) < 4.78 is 6.67. The molecule has 0 aliphatic carbocycles. The molecule has 1 aromatic carbocycles. The van der Waals surface area contributed by atoms with Crippen LogP contribution in [-0.2, 0) is 7.05 Å². The highest BCUT2D eigenvalue weighted by atomic mass is 16.5. The summed E-state index contributed by atoms with van der Waals surface area (Å²) in [6.45, 7) is 0. The molecule has 18 heavy (non-hydrogen) atoms. The summed E-state index contributed by atoms with van der Waals surface area (Å²) in [6.07, 6.45) is 3.28. The van der Waals surface area contributed by atoms with Gasteiger partial charge >= 0.3 is 0 Å². The van der Waals surface area contributed by atoms with Crippen LogP contribution in [-0.4, -0.2) is 22.8 Å². The van der Waals surface area contributed by atoms with Gasteiger partial charge in [-0.2, -0.15) is 5.10 Å². The normalized spacial score (nSPS) is 10.1. The van der Waals surface area contributed by atoms with Gasteiger partial charge in [-0.1, -0.05) is 0 Å². The Kier molecular flexibility index (Phi) is 3.18. The maximum absolute atomic E-state index is 12.0. The number of hydrogen-bond acceptors (Lipinski definition) is 4. The third-order valence-electron chi connectivity index (χ3n) is 2.39. The molecular formula is C12H14N4O2. The molecule has 2 rings (SSSR count). The highest BCUT2D eigenvalue weighted by molar-refractivity contribution is 6.04. The number of methoxy groups -OCH3 is 1. The topological polar surface area (TPSA) is 82.2 Å². The van der Waals surface area contributed by atoms with Crippen LogP contribution in [0.25, 0.3) is 0 Å². The minimum Gasteiger partial charge on any atom is -0.497 e. The van der Waals surface area contributed by atoms with E-state index in [4.69, 9.17) is 10.5 Å². The smallest absolute Gasteiger partial charge is 0.255 e. The molecule has 0 saturated carbocycles. The van der Waals surface area contributed by atoms with Gasteiger partial charge in [0, 0.05) is 30.6 Å². The van der Waals surface area contributed by atoms with Gasteiger partial charge in [-0.25, -0.2) is 0 Å². The molecule has 0 spiro atoms. The Labute approximate surface area is 104 Å². The van der Waals surface area contributed by atoms with Crippen molar-refractivity contribution in [2.24, 2.45) is 7.05 Å². The molecule has 94 valence electrons. The standard InChI is InChI=1S/C12H14N4O2/c1-16-7-10(6-14-16)15-12(17)8-3-9(13)5-11(4-8)18-2/h3-7H,13H2,1-2H3,(H,15,17). The molecular weight excluding hydrogens is 232 g/mol. The molecule has 0 fully saturated rings. The van der Waals surface area contributed by atoms with Crippen molar-refractivity contribution in [3.63, 3.8) is 0 Å². The monoisotopic (exact) mass is 246 g/mol. The van der Waals surface area contributed by atoms with E-state index in [1.165, 1.54) is 7.11 Å². The van der Waals surface area contributed by atoms with E-state index >= 15 is 0 Å². The molecule has 3 N–H and O–H groups in total. The fourth-order valence-electron chi connectivity index (χ4n) is 1.56. The van der Waals surface area contributed by atoms with Crippen molar-refractivity contribution < 1.29 is 9.53 Å². The number of nitrogens with two attached hydrogens (primary N) is 1. The first-order chi connectivity index (χ1) is 8.58. The summed E-state index contributed by atoms with van der Waals surface area (Å²) in [5.74, 6) is 0.292. The predicted molar refractivity (Wildman–Crippen MR) is 68.6 cm³/mol. The fraction of sp³-hybridized carbons (Fsp3) is 0.167. The van der Waals surface area contributed by atoms with Gasteiger partial charge in [0.2, 0.25) is 0 Å². The van der Waals surface area contributed by atoms with Crippen LogP contribution in [0, 0.1) is 0 Å². The number of nitrogens with one attached hydrogen (secondary N) is 1. The number of aromatic nitrogens is 2. The van der Waals surface area contributed by atoms with Crippen molar-refractivity contribution >= 4 is 17.3 Å². The lowest BCUT2D eigenvalue weighted by atomic mass is 10.1. The largest absolute Gasteiger partial charge is 0.497 e. The SMILES string of the molecule is COc1cc(N)cc(C(=O)Nc2cnn(C)c2)c1. The molecule has 2 aromatic rings. The Morgan fingerprint density at radius 3 is 2.83 bits per heavy atom. The first-order valence-electron chi connectivity index (χ1n) is 5.33. The van der Waals surface area contributed by atoms with Crippen LogP contribution in [0.5, 0.6) is 5.75 Å². The number of anilines is 2. The molecule has 6 heteroatoms. The van der Waals surface area contributed by atoms with Gasteiger partial charge in [-0.3, -0.25) is 9.48 Å². The second kappa shape index (κ2) is 4.79. The van der Waals surface area contributed by atoms with Crippen LogP contribution >= 0.6 is 0 Å². The molecule has 0 bridgehead atoms. The van der Waals surface area contributed by atoms with Crippen LogP contribution in [0.3, 0.4) is 0 Å². The highest BCUT2D eigenvalue weighted by Gasteiger charge is 2.09. The lowest BCUT2D eigenvalue weighted by Gasteiger charge is -2.06. The van der Waals surface area contributed by atoms with Gasteiger partial charge in [-0.05, 0) is 12.1 Å². The minimum atomic E-state index is -0.256. The molecule has 6 nitrogen and oxygen atoms in total. The summed E-state index contributed by atoms with van der Waals surface area (Å²) >= 11 is 0. The second-order valence-corrected chi connectivity index (χ2v) is 3.85. The number of carbonyl (C=O) groups is 1. The Morgan fingerprint density at radius 2 is 2.22 bits per heavy atom. The van der Waals surface area contributed by atoms with Gasteiger partial charge in [0.25, 0.3) is 5.91 Å². The lowest BCUT2D eigenvalue weighted by Crippen LogP contribution is -2.12. The molecule has 0 atom stereocenters. The van der Waals surface area contributed by atoms with Crippen molar-refractivity contribution in [2.45, 2.75) is 0 Å². The maximum Gasteiger partial charge on any atom is 0.255 e. The van der Waals surface area contributed by atoms with Crippen LogP contribution < -0.4 is 15.8 Å². The molecule has 0 aliphatic heterocycles. The average Bonchev–Trinajstić information content (AvgIpc) is 2.73. The number of carbonyl (C=O) groups excluding carboxylic acids is 1.